The zero-order chi connectivity index (χ0) is 9.84. The van der Waals surface area contributed by atoms with Crippen molar-refractivity contribution in [3.63, 3.8) is 0 Å². The van der Waals surface area contributed by atoms with Gasteiger partial charge in [-0.2, -0.15) is 0 Å². The number of nitrogen functional groups attached to an aromatic ring is 1. The van der Waals surface area contributed by atoms with Crippen LogP contribution in [-0.2, 0) is 6.42 Å². The van der Waals surface area contributed by atoms with Crippen molar-refractivity contribution in [3.8, 4) is 0 Å². The Labute approximate surface area is 83.7 Å². The lowest BCUT2D eigenvalue weighted by Gasteiger charge is -2.02. The lowest BCUT2D eigenvalue weighted by atomic mass is 10.1. The summed E-state index contributed by atoms with van der Waals surface area (Å²) in [7, 11) is 0. The molecule has 1 heterocycles. The third kappa shape index (κ3) is 3.27. The van der Waals surface area contributed by atoms with Gasteiger partial charge in [-0.1, -0.05) is 31.9 Å². The van der Waals surface area contributed by atoms with E-state index in [-0.39, 0.29) is 0 Å². The van der Waals surface area contributed by atoms with Crippen molar-refractivity contribution >= 4 is 17.5 Å². The summed E-state index contributed by atoms with van der Waals surface area (Å²) in [4.78, 5) is 6.85. The number of nitrogens with one attached hydrogen (secondary N) is 1. The van der Waals surface area contributed by atoms with Gasteiger partial charge in [-0.3, -0.25) is 0 Å². The van der Waals surface area contributed by atoms with Crippen molar-refractivity contribution in [3.05, 3.63) is 10.8 Å². The number of anilines is 1. The number of aryl methyl sites for hydroxylation is 1. The standard InChI is InChI=1S/C9H16ClN3/c1-6(2)4-3-5-7-8(10)13-9(11)12-7/h6H,3-5H2,1-2H3,(H3,11,12,13). The quantitative estimate of drug-likeness (QED) is 0.787. The molecule has 0 unspecified atom stereocenters. The Balaban J connectivity index is 2.40. The predicted octanol–water partition coefficient (Wildman–Crippen LogP) is 2.62. The second-order valence-electron chi connectivity index (χ2n) is 3.68. The van der Waals surface area contributed by atoms with Crippen LogP contribution in [0.3, 0.4) is 0 Å². The first kappa shape index (κ1) is 10.4. The molecular formula is C9H16ClN3. The van der Waals surface area contributed by atoms with Crippen LogP contribution in [0.4, 0.5) is 5.95 Å². The fourth-order valence-electron chi connectivity index (χ4n) is 1.26. The van der Waals surface area contributed by atoms with Gasteiger partial charge in [0, 0.05) is 0 Å². The van der Waals surface area contributed by atoms with Crippen LogP contribution in [0, 0.1) is 5.92 Å². The van der Waals surface area contributed by atoms with E-state index < -0.39 is 0 Å². The predicted molar refractivity (Wildman–Crippen MR) is 55.8 cm³/mol. The van der Waals surface area contributed by atoms with Crippen LogP contribution in [0.25, 0.3) is 0 Å². The highest BCUT2D eigenvalue weighted by atomic mass is 35.5. The second-order valence-corrected chi connectivity index (χ2v) is 4.04. The molecule has 1 rings (SSSR count). The summed E-state index contributed by atoms with van der Waals surface area (Å²) in [5.74, 6) is 1.14. The van der Waals surface area contributed by atoms with E-state index in [9.17, 15) is 0 Å². The molecule has 74 valence electrons. The first-order valence-electron chi connectivity index (χ1n) is 4.59. The van der Waals surface area contributed by atoms with E-state index in [4.69, 9.17) is 17.3 Å². The number of rotatable bonds is 4. The monoisotopic (exact) mass is 201 g/mol. The first-order chi connectivity index (χ1) is 6.09. The minimum Gasteiger partial charge on any atom is -0.369 e. The average molecular weight is 202 g/mol. The van der Waals surface area contributed by atoms with Crippen LogP contribution in [0.15, 0.2) is 0 Å². The Morgan fingerprint density at radius 1 is 1.54 bits per heavy atom. The van der Waals surface area contributed by atoms with Gasteiger partial charge in [-0.15, -0.1) is 0 Å². The Bertz CT molecular complexity index is 268. The molecule has 3 nitrogen and oxygen atoms in total. The third-order valence-electron chi connectivity index (χ3n) is 1.95. The van der Waals surface area contributed by atoms with Crippen molar-refractivity contribution < 1.29 is 0 Å². The van der Waals surface area contributed by atoms with Gasteiger partial charge in [0.2, 0.25) is 0 Å². The summed E-state index contributed by atoms with van der Waals surface area (Å²) in [6.07, 6.45) is 3.26. The SMILES string of the molecule is CC(C)CCCc1[nH]c(N)nc1Cl. The molecule has 1 aromatic rings. The summed E-state index contributed by atoms with van der Waals surface area (Å²) >= 11 is 5.84. The van der Waals surface area contributed by atoms with Gasteiger partial charge in [0.15, 0.2) is 11.1 Å². The Kier molecular flexibility index (Phi) is 3.60. The van der Waals surface area contributed by atoms with Gasteiger partial charge in [0.05, 0.1) is 5.69 Å². The highest BCUT2D eigenvalue weighted by Crippen LogP contribution is 2.17. The van der Waals surface area contributed by atoms with Gasteiger partial charge >= 0.3 is 0 Å². The molecule has 0 fully saturated rings. The van der Waals surface area contributed by atoms with E-state index >= 15 is 0 Å². The lowest BCUT2D eigenvalue weighted by molar-refractivity contribution is 0.553. The normalized spacial score (nSPS) is 11.1. The zero-order valence-corrected chi connectivity index (χ0v) is 8.86. The molecule has 3 N–H and O–H groups in total. The van der Waals surface area contributed by atoms with Crippen molar-refractivity contribution in [1.82, 2.24) is 9.97 Å². The molecule has 0 aliphatic carbocycles. The van der Waals surface area contributed by atoms with Gasteiger partial charge in [-0.05, 0) is 18.8 Å². The molecule has 13 heavy (non-hydrogen) atoms. The second kappa shape index (κ2) is 4.51. The van der Waals surface area contributed by atoms with Crippen molar-refractivity contribution in [1.29, 1.82) is 0 Å². The molecule has 0 spiro atoms. The summed E-state index contributed by atoms with van der Waals surface area (Å²) < 4.78 is 0. The molecule has 0 saturated heterocycles. The number of imidazole rings is 1. The molecule has 0 saturated carbocycles. The summed E-state index contributed by atoms with van der Waals surface area (Å²) in [6.45, 7) is 4.42. The fourth-order valence-corrected chi connectivity index (χ4v) is 1.49. The minimum absolute atomic E-state index is 0.407. The molecule has 4 heteroatoms. The van der Waals surface area contributed by atoms with E-state index in [2.05, 4.69) is 23.8 Å². The number of nitrogens with two attached hydrogens (primary N) is 1. The molecule has 0 aromatic carbocycles. The van der Waals surface area contributed by atoms with Crippen LogP contribution in [0.2, 0.25) is 5.15 Å². The topological polar surface area (TPSA) is 54.7 Å². The van der Waals surface area contributed by atoms with Gasteiger partial charge in [-0.25, -0.2) is 4.98 Å². The number of nitrogens with zero attached hydrogens (tertiary/aromatic N) is 1. The molecule has 0 bridgehead atoms. The van der Waals surface area contributed by atoms with Crippen LogP contribution >= 0.6 is 11.6 Å². The number of hydrogen-bond acceptors (Lipinski definition) is 2. The van der Waals surface area contributed by atoms with Crippen molar-refractivity contribution in [2.45, 2.75) is 33.1 Å². The molecular weight excluding hydrogens is 186 g/mol. The number of aromatic nitrogens is 2. The molecule has 1 aromatic heterocycles. The van der Waals surface area contributed by atoms with Crippen molar-refractivity contribution in [2.75, 3.05) is 5.73 Å². The maximum Gasteiger partial charge on any atom is 0.199 e. The maximum absolute atomic E-state index is 5.84. The smallest absolute Gasteiger partial charge is 0.199 e. The molecule has 0 amide bonds. The van der Waals surface area contributed by atoms with E-state index in [1.165, 1.54) is 6.42 Å². The van der Waals surface area contributed by atoms with Gasteiger partial charge in [0.1, 0.15) is 0 Å². The number of halogens is 1. The third-order valence-corrected chi connectivity index (χ3v) is 2.27. The Morgan fingerprint density at radius 3 is 2.69 bits per heavy atom. The number of aromatic amines is 1. The Morgan fingerprint density at radius 2 is 2.23 bits per heavy atom. The van der Waals surface area contributed by atoms with E-state index in [0.29, 0.717) is 11.1 Å². The number of H-pyrrole nitrogens is 1. The van der Waals surface area contributed by atoms with Crippen LogP contribution in [-0.4, -0.2) is 9.97 Å². The van der Waals surface area contributed by atoms with Gasteiger partial charge in [0.25, 0.3) is 0 Å². The summed E-state index contributed by atoms with van der Waals surface area (Å²) in [5, 5.41) is 0.515. The molecule has 0 aliphatic heterocycles. The highest BCUT2D eigenvalue weighted by molar-refractivity contribution is 6.30. The van der Waals surface area contributed by atoms with E-state index in [1.54, 1.807) is 0 Å². The van der Waals surface area contributed by atoms with Gasteiger partial charge < -0.3 is 10.7 Å². The first-order valence-corrected chi connectivity index (χ1v) is 4.97. The summed E-state index contributed by atoms with van der Waals surface area (Å²) in [5.41, 5.74) is 6.42. The van der Waals surface area contributed by atoms with E-state index in [1.807, 2.05) is 0 Å². The molecule has 0 atom stereocenters. The zero-order valence-electron chi connectivity index (χ0n) is 8.10. The largest absolute Gasteiger partial charge is 0.369 e. The fraction of sp³-hybridized carbons (Fsp3) is 0.667. The average Bonchev–Trinajstić information content (AvgIpc) is 2.29. The highest BCUT2D eigenvalue weighted by Gasteiger charge is 2.05. The van der Waals surface area contributed by atoms with Crippen molar-refractivity contribution in [2.24, 2.45) is 5.92 Å². The maximum atomic E-state index is 5.84. The summed E-state index contributed by atoms with van der Waals surface area (Å²) in [6, 6.07) is 0. The van der Waals surface area contributed by atoms with E-state index in [0.717, 1.165) is 24.5 Å². The van der Waals surface area contributed by atoms with Crippen LogP contribution < -0.4 is 5.73 Å². The lowest BCUT2D eigenvalue weighted by Crippen LogP contribution is -1.92. The number of hydrogen-bond donors (Lipinski definition) is 2. The molecule has 0 radical (unpaired) electrons. The van der Waals surface area contributed by atoms with Crippen LogP contribution in [0.1, 0.15) is 32.4 Å². The molecule has 0 aliphatic rings. The van der Waals surface area contributed by atoms with Crippen LogP contribution in [0.5, 0.6) is 0 Å². The minimum atomic E-state index is 0.407. The Hall–Kier alpha value is -0.700.